The molecule has 0 aliphatic carbocycles. The molecular weight excluding hydrogens is 164 g/mol. The van der Waals surface area contributed by atoms with Crippen molar-refractivity contribution in [3.05, 3.63) is 13.2 Å². The van der Waals surface area contributed by atoms with E-state index in [2.05, 4.69) is 13.2 Å². The second-order valence-corrected chi connectivity index (χ2v) is 0.915. The molecular formula is C7H18O5. The highest BCUT2D eigenvalue weighted by atomic mass is 16.6. The van der Waals surface area contributed by atoms with Crippen molar-refractivity contribution in [1.29, 1.82) is 0 Å². The summed E-state index contributed by atoms with van der Waals surface area (Å²) in [6, 6.07) is 0. The van der Waals surface area contributed by atoms with Gasteiger partial charge in [-0.1, -0.05) is 0 Å². The largest absolute Gasteiger partial charge is 0.503 e. The molecule has 0 aliphatic rings. The summed E-state index contributed by atoms with van der Waals surface area (Å²) < 4.78 is 0. The third kappa shape index (κ3) is 490. The van der Waals surface area contributed by atoms with Gasteiger partial charge in [0.1, 0.15) is 0 Å². The fraction of sp³-hybridized carbons (Fsp3) is 0.571. The lowest BCUT2D eigenvalue weighted by molar-refractivity contribution is 0.137. The first-order valence-corrected chi connectivity index (χ1v) is 3.20. The van der Waals surface area contributed by atoms with E-state index in [1.54, 1.807) is 13.8 Å². The minimum absolute atomic E-state index is 0.250. The summed E-state index contributed by atoms with van der Waals surface area (Å²) >= 11 is 0. The average molecular weight is 182 g/mol. The zero-order valence-corrected chi connectivity index (χ0v) is 7.53. The number of rotatable bonds is 0. The van der Waals surface area contributed by atoms with Crippen molar-refractivity contribution in [3.63, 3.8) is 0 Å². The molecule has 0 rings (SSSR count). The van der Waals surface area contributed by atoms with Gasteiger partial charge >= 0.3 is 6.16 Å². The number of hydrogen-bond acceptors (Lipinski definition) is 3. The Kier molecular flexibility index (Phi) is 95.9. The maximum atomic E-state index is 8.56. The predicted molar refractivity (Wildman–Crippen MR) is 47.4 cm³/mol. The molecule has 0 aliphatic heterocycles. The molecule has 0 unspecified atom stereocenters. The van der Waals surface area contributed by atoms with Crippen molar-refractivity contribution in [3.8, 4) is 0 Å². The molecule has 0 saturated carbocycles. The van der Waals surface area contributed by atoms with Crippen LogP contribution in [-0.2, 0) is 0 Å². The molecule has 0 aromatic carbocycles. The van der Waals surface area contributed by atoms with E-state index in [1.165, 1.54) is 0 Å². The smallest absolute Gasteiger partial charge is 0.450 e. The van der Waals surface area contributed by atoms with Crippen LogP contribution in [-0.4, -0.2) is 39.8 Å². The minimum Gasteiger partial charge on any atom is -0.450 e. The maximum absolute atomic E-state index is 8.56. The van der Waals surface area contributed by atoms with Gasteiger partial charge in [-0.2, -0.15) is 0 Å². The Balaban J connectivity index is -0.0000000368. The van der Waals surface area contributed by atoms with Crippen LogP contribution in [0.3, 0.4) is 0 Å². The van der Waals surface area contributed by atoms with E-state index >= 15 is 0 Å². The maximum Gasteiger partial charge on any atom is 0.503 e. The van der Waals surface area contributed by atoms with E-state index in [0.29, 0.717) is 0 Å². The Morgan fingerprint density at radius 3 is 1.08 bits per heavy atom. The zero-order chi connectivity index (χ0) is 11.0. The van der Waals surface area contributed by atoms with Gasteiger partial charge in [0.25, 0.3) is 0 Å². The summed E-state index contributed by atoms with van der Waals surface area (Å²) in [5.74, 6) is 0. The Morgan fingerprint density at radius 2 is 1.08 bits per heavy atom. The van der Waals surface area contributed by atoms with Gasteiger partial charge in [0.15, 0.2) is 0 Å². The molecule has 0 aromatic heterocycles. The third-order valence-electron chi connectivity index (χ3n) is 0. The van der Waals surface area contributed by atoms with Crippen LogP contribution in [0.25, 0.3) is 0 Å². The van der Waals surface area contributed by atoms with Crippen molar-refractivity contribution < 1.29 is 25.2 Å². The highest BCUT2D eigenvalue weighted by Gasteiger charge is 1.70. The van der Waals surface area contributed by atoms with Gasteiger partial charge in [-0.3, -0.25) is 0 Å². The highest BCUT2D eigenvalue weighted by Crippen LogP contribution is 1.42. The average Bonchev–Trinajstić information content (AvgIpc) is 1.92. The number of aliphatic hydroxyl groups excluding tert-OH is 2. The summed E-state index contributed by atoms with van der Waals surface area (Å²) in [4.78, 5) is 8.56. The Bertz CT molecular complexity index is 58.8. The molecule has 0 saturated heterocycles. The van der Waals surface area contributed by atoms with E-state index in [9.17, 15) is 0 Å². The van der Waals surface area contributed by atoms with E-state index in [1.807, 2.05) is 0 Å². The van der Waals surface area contributed by atoms with Crippen molar-refractivity contribution in [2.75, 3.05) is 13.2 Å². The molecule has 0 heterocycles. The molecule has 0 radical (unpaired) electrons. The van der Waals surface area contributed by atoms with Crippen LogP contribution in [0.1, 0.15) is 13.8 Å². The zero-order valence-electron chi connectivity index (χ0n) is 7.53. The molecule has 0 amide bonds. The van der Waals surface area contributed by atoms with Gasteiger partial charge in [-0.05, 0) is 13.8 Å². The molecule has 0 atom stereocenters. The summed E-state index contributed by atoms with van der Waals surface area (Å²) in [5.41, 5.74) is 0. The summed E-state index contributed by atoms with van der Waals surface area (Å²) in [6.45, 7) is 9.86. The van der Waals surface area contributed by atoms with Gasteiger partial charge in [-0.25, -0.2) is 4.79 Å². The van der Waals surface area contributed by atoms with E-state index in [0.717, 1.165) is 0 Å². The Hall–Kier alpha value is -1.07. The second-order valence-electron chi connectivity index (χ2n) is 0.915. The lowest BCUT2D eigenvalue weighted by atomic mass is 10.9. The molecule has 0 spiro atoms. The Labute approximate surface area is 72.6 Å². The van der Waals surface area contributed by atoms with E-state index < -0.39 is 6.16 Å². The van der Waals surface area contributed by atoms with Crippen LogP contribution in [0.5, 0.6) is 0 Å². The van der Waals surface area contributed by atoms with Crippen LogP contribution in [0.2, 0.25) is 0 Å². The monoisotopic (exact) mass is 182 g/mol. The van der Waals surface area contributed by atoms with Crippen molar-refractivity contribution >= 4 is 6.16 Å². The van der Waals surface area contributed by atoms with Crippen LogP contribution in [0.4, 0.5) is 4.79 Å². The van der Waals surface area contributed by atoms with Crippen LogP contribution >= 0.6 is 0 Å². The molecule has 0 bridgehead atoms. The number of carboxylic acid groups (broad SMARTS) is 2. The van der Waals surface area contributed by atoms with E-state index in [-0.39, 0.29) is 13.2 Å². The fourth-order valence-electron chi connectivity index (χ4n) is 0. The molecule has 4 N–H and O–H groups in total. The van der Waals surface area contributed by atoms with Crippen LogP contribution in [0, 0.1) is 0 Å². The molecule has 0 aromatic rings. The predicted octanol–water partition coefficient (Wildman–Crippen LogP) is 1.02. The Morgan fingerprint density at radius 1 is 1.08 bits per heavy atom. The lowest BCUT2D eigenvalue weighted by Crippen LogP contribution is -1.81. The molecule has 5 nitrogen and oxygen atoms in total. The standard InChI is InChI=1S/2C2H6O.C2H4.CH2O3/c2*1-2-3;1-2;2-1(3)4/h2*3H,2H2,1H3;1-2H2;(H2,2,3,4). The van der Waals surface area contributed by atoms with Crippen LogP contribution < -0.4 is 0 Å². The highest BCUT2D eigenvalue weighted by molar-refractivity contribution is 5.53. The summed E-state index contributed by atoms with van der Waals surface area (Å²) in [7, 11) is 0. The van der Waals surface area contributed by atoms with Gasteiger partial charge in [-0.15, -0.1) is 13.2 Å². The van der Waals surface area contributed by atoms with Gasteiger partial charge in [0.2, 0.25) is 0 Å². The molecule has 76 valence electrons. The molecule has 12 heavy (non-hydrogen) atoms. The first kappa shape index (κ1) is 22.4. The SMILES string of the molecule is C=C.CCO.CCO.O=C(O)O. The molecule has 0 fully saturated rings. The summed E-state index contributed by atoms with van der Waals surface area (Å²) in [5, 5.41) is 29.1. The lowest BCUT2D eigenvalue weighted by Gasteiger charge is -1.60. The van der Waals surface area contributed by atoms with Crippen molar-refractivity contribution in [2.24, 2.45) is 0 Å². The number of hydrogen-bond donors (Lipinski definition) is 4. The van der Waals surface area contributed by atoms with Crippen molar-refractivity contribution in [1.82, 2.24) is 0 Å². The quantitative estimate of drug-likeness (QED) is 0.419. The normalized spacial score (nSPS) is 5.33. The molecule has 5 heteroatoms. The number of carbonyl (C=O) groups is 1. The third-order valence-corrected chi connectivity index (χ3v) is 0. The number of aliphatic hydroxyl groups is 2. The van der Waals surface area contributed by atoms with Crippen LogP contribution in [0.15, 0.2) is 13.2 Å². The first-order valence-electron chi connectivity index (χ1n) is 3.20. The van der Waals surface area contributed by atoms with Gasteiger partial charge in [0.05, 0.1) is 0 Å². The first-order chi connectivity index (χ1) is 5.56. The summed E-state index contributed by atoms with van der Waals surface area (Å²) in [6.07, 6.45) is -1.83. The van der Waals surface area contributed by atoms with Crippen molar-refractivity contribution in [2.45, 2.75) is 13.8 Å². The van der Waals surface area contributed by atoms with Gasteiger partial charge in [0, 0.05) is 13.2 Å². The van der Waals surface area contributed by atoms with Gasteiger partial charge < -0.3 is 20.4 Å². The topological polar surface area (TPSA) is 98.0 Å². The fourth-order valence-corrected chi connectivity index (χ4v) is 0. The van der Waals surface area contributed by atoms with E-state index in [4.69, 9.17) is 25.2 Å². The minimum atomic E-state index is -1.83. The second kappa shape index (κ2) is 51.3.